The van der Waals surface area contributed by atoms with Crippen molar-refractivity contribution in [1.29, 1.82) is 0 Å². The first kappa shape index (κ1) is 30.9. The molecule has 3 heterocycles. The number of aromatic nitrogens is 2. The van der Waals surface area contributed by atoms with Crippen molar-refractivity contribution < 1.29 is 25.9 Å². The van der Waals surface area contributed by atoms with Crippen LogP contribution in [0.2, 0.25) is 19.6 Å². The van der Waals surface area contributed by atoms with Gasteiger partial charge in [-0.1, -0.05) is 117 Å². The van der Waals surface area contributed by atoms with Crippen LogP contribution >= 0.6 is 0 Å². The molecule has 1 radical (unpaired) electrons. The molecule has 0 N–H and O–H groups in total. The maximum Gasteiger partial charge on any atom is 0.128 e. The van der Waals surface area contributed by atoms with Crippen LogP contribution in [-0.4, -0.2) is 18.0 Å². The van der Waals surface area contributed by atoms with E-state index < -0.39 is 14.0 Å². The van der Waals surface area contributed by atoms with E-state index >= 15 is 0 Å². The molecule has 0 unspecified atom stereocenters. The predicted molar refractivity (Wildman–Crippen MR) is 187 cm³/mol. The van der Waals surface area contributed by atoms with Crippen molar-refractivity contribution in [1.82, 2.24) is 9.97 Å². The van der Waals surface area contributed by atoms with E-state index in [1.54, 1.807) is 6.20 Å². The van der Waals surface area contributed by atoms with Crippen LogP contribution in [-0.2, 0) is 20.1 Å². The number of para-hydroxylation sites is 1. The van der Waals surface area contributed by atoms with E-state index in [1.165, 1.54) is 5.19 Å². The average molecular weight is 782 g/mol. The number of rotatable bonds is 5. The zero-order chi connectivity index (χ0) is 31.6. The average Bonchev–Trinajstić information content (AvgIpc) is 3.44. The molecule has 5 heteroatoms. The second-order valence-electron chi connectivity index (χ2n) is 12.1. The molecule has 0 spiro atoms. The van der Waals surface area contributed by atoms with E-state index in [9.17, 15) is 0 Å². The zero-order valence-electron chi connectivity index (χ0n) is 27.2. The van der Waals surface area contributed by atoms with Crippen LogP contribution in [0.3, 0.4) is 0 Å². The van der Waals surface area contributed by atoms with E-state index in [-0.39, 0.29) is 20.1 Å². The summed E-state index contributed by atoms with van der Waals surface area (Å²) in [5.41, 5.74) is 8.40. The maximum atomic E-state index is 8.34. The van der Waals surface area contributed by atoms with Gasteiger partial charge in [-0.2, -0.15) is 0 Å². The molecule has 0 amide bonds. The summed E-state index contributed by atoms with van der Waals surface area (Å²) >= 11 is 0. The molecule has 0 aliphatic rings. The Kier molecular flexibility index (Phi) is 9.51. The standard InChI is InChI=1S/C26H20NO.C14H16NSi.Ir/c1-17(2)19-14-15-27-24(16-19)23-13-7-12-22-21-11-6-10-20(25(21)28-26(22)23)18-8-4-3-5-9-18;1-16(2,3)13-9-10-14(15-11-13)12-7-5-4-6-8-12;/h3-12,14-17H,1-2H3;4-7,9-11H,1-3H3;/q2*-1;/i17D;;. The fourth-order valence-electron chi connectivity index (χ4n) is 5.23. The molecule has 227 valence electrons. The van der Waals surface area contributed by atoms with Crippen molar-refractivity contribution in [3.8, 4) is 33.6 Å². The van der Waals surface area contributed by atoms with Gasteiger partial charge in [-0.15, -0.1) is 54.1 Å². The largest absolute Gasteiger partial charge is 0.500 e. The Morgan fingerprint density at radius 2 is 1.51 bits per heavy atom. The van der Waals surface area contributed by atoms with Gasteiger partial charge >= 0.3 is 0 Å². The van der Waals surface area contributed by atoms with Crippen molar-refractivity contribution in [2.45, 2.75) is 39.4 Å². The van der Waals surface area contributed by atoms with E-state index in [0.29, 0.717) is 0 Å². The molecule has 7 aromatic rings. The molecule has 45 heavy (non-hydrogen) atoms. The number of pyridine rings is 2. The molecular formula is C40H36IrN2OSi-2. The minimum Gasteiger partial charge on any atom is -0.500 e. The van der Waals surface area contributed by atoms with Gasteiger partial charge < -0.3 is 14.4 Å². The van der Waals surface area contributed by atoms with Gasteiger partial charge in [-0.3, -0.25) is 0 Å². The van der Waals surface area contributed by atoms with Gasteiger partial charge in [0.15, 0.2) is 0 Å². The maximum absolute atomic E-state index is 8.34. The molecular weight excluding hydrogens is 745 g/mol. The Labute approximate surface area is 282 Å². The monoisotopic (exact) mass is 782 g/mol. The van der Waals surface area contributed by atoms with E-state index in [4.69, 9.17) is 5.79 Å². The Bertz CT molecular complexity index is 2060. The molecule has 0 saturated heterocycles. The first-order chi connectivity index (χ1) is 21.6. The van der Waals surface area contributed by atoms with E-state index in [2.05, 4.69) is 84.2 Å². The second-order valence-corrected chi connectivity index (χ2v) is 17.2. The van der Waals surface area contributed by atoms with Gasteiger partial charge in [0.25, 0.3) is 0 Å². The van der Waals surface area contributed by atoms with Crippen LogP contribution in [0, 0.1) is 12.1 Å². The second kappa shape index (κ2) is 13.9. The minimum absolute atomic E-state index is 0. The van der Waals surface area contributed by atoms with Crippen LogP contribution < -0.4 is 5.19 Å². The molecule has 0 aliphatic heterocycles. The fraction of sp³-hybridized carbons (Fsp3) is 0.150. The van der Waals surface area contributed by atoms with Crippen LogP contribution in [0.25, 0.3) is 55.6 Å². The number of hydrogen-bond acceptors (Lipinski definition) is 3. The van der Waals surface area contributed by atoms with Gasteiger partial charge in [-0.05, 0) is 34.1 Å². The zero-order valence-corrected chi connectivity index (χ0v) is 29.6. The first-order valence-corrected chi connectivity index (χ1v) is 18.4. The summed E-state index contributed by atoms with van der Waals surface area (Å²) in [7, 11) is -1.23. The number of furan rings is 1. The summed E-state index contributed by atoms with van der Waals surface area (Å²) in [6.07, 6.45) is 3.77. The summed E-state index contributed by atoms with van der Waals surface area (Å²) < 4.78 is 14.8. The Morgan fingerprint density at radius 1 is 0.733 bits per heavy atom. The Morgan fingerprint density at radius 3 is 2.20 bits per heavy atom. The number of hydrogen-bond donors (Lipinski definition) is 0. The van der Waals surface area contributed by atoms with Crippen molar-refractivity contribution in [2.24, 2.45) is 0 Å². The molecule has 0 atom stereocenters. The topological polar surface area (TPSA) is 38.9 Å². The van der Waals surface area contributed by atoms with Crippen LogP contribution in [0.15, 0.2) is 126 Å². The van der Waals surface area contributed by atoms with Gasteiger partial charge in [0.2, 0.25) is 0 Å². The molecule has 7 rings (SSSR count). The quantitative estimate of drug-likeness (QED) is 0.129. The SMILES string of the molecule is C[Si](C)(C)c1ccc(-c2[c-]cccc2)nc1.[2H]C(C)(C)c1ccnc(-c2[c-]ccc3c2oc2c(-c4ccccc4)cccc23)c1.[Ir]. The van der Waals surface area contributed by atoms with Gasteiger partial charge in [-0.25, -0.2) is 0 Å². The summed E-state index contributed by atoms with van der Waals surface area (Å²) in [5.74, 6) is -0.695. The summed E-state index contributed by atoms with van der Waals surface area (Å²) in [5, 5.41) is 3.52. The molecule has 0 aliphatic carbocycles. The van der Waals surface area contributed by atoms with Gasteiger partial charge in [0.05, 0.1) is 13.7 Å². The molecule has 0 fully saturated rings. The van der Waals surface area contributed by atoms with Gasteiger partial charge in [0.1, 0.15) is 5.58 Å². The molecule has 3 aromatic heterocycles. The number of fused-ring (bicyclic) bond motifs is 3. The van der Waals surface area contributed by atoms with E-state index in [0.717, 1.165) is 61.1 Å². The Balaban J connectivity index is 0.000000209. The molecule has 3 nitrogen and oxygen atoms in total. The summed E-state index contributed by atoms with van der Waals surface area (Å²) in [4.78, 5) is 9.07. The van der Waals surface area contributed by atoms with Crippen molar-refractivity contribution >= 4 is 35.2 Å². The van der Waals surface area contributed by atoms with Crippen LogP contribution in [0.4, 0.5) is 0 Å². The Hall–Kier alpha value is -4.15. The smallest absolute Gasteiger partial charge is 0.128 e. The third-order valence-electron chi connectivity index (χ3n) is 7.75. The van der Waals surface area contributed by atoms with Gasteiger partial charge in [0, 0.05) is 44.8 Å². The number of nitrogens with zero attached hydrogens (tertiary/aromatic N) is 2. The third kappa shape index (κ3) is 7.07. The summed E-state index contributed by atoms with van der Waals surface area (Å²) in [6.45, 7) is 10.8. The van der Waals surface area contributed by atoms with Crippen LogP contribution in [0.5, 0.6) is 0 Å². The molecule has 0 saturated carbocycles. The normalized spacial score (nSPS) is 11.8. The predicted octanol–water partition coefficient (Wildman–Crippen LogP) is 10.3. The van der Waals surface area contributed by atoms with Crippen molar-refractivity contribution in [2.75, 3.05) is 0 Å². The third-order valence-corrected chi connectivity index (χ3v) is 9.78. The number of benzene rings is 4. The fourth-order valence-corrected chi connectivity index (χ4v) is 6.26. The molecule has 0 bridgehead atoms. The first-order valence-electron chi connectivity index (χ1n) is 15.4. The minimum atomic E-state index is -1.23. The van der Waals surface area contributed by atoms with Crippen LogP contribution in [0.1, 0.15) is 26.7 Å². The van der Waals surface area contributed by atoms with Crippen molar-refractivity contribution in [3.05, 3.63) is 139 Å². The molecule has 4 aromatic carbocycles. The van der Waals surface area contributed by atoms with Crippen molar-refractivity contribution in [3.63, 3.8) is 0 Å². The summed E-state index contributed by atoms with van der Waals surface area (Å²) in [6, 6.07) is 43.1. The van der Waals surface area contributed by atoms with E-state index in [1.807, 2.05) is 86.8 Å².